The summed E-state index contributed by atoms with van der Waals surface area (Å²) in [5.41, 5.74) is 1.04. The zero-order valence-electron chi connectivity index (χ0n) is 19.4. The number of rotatable bonds is 9. The molecule has 196 valence electrons. The molecule has 13 heteroatoms. The average molecular weight is 722 g/mol. The van der Waals surface area contributed by atoms with Crippen molar-refractivity contribution in [3.05, 3.63) is 70.4 Å². The number of urea groups is 1. The molecular weight excluding hydrogens is 701 g/mol. The van der Waals surface area contributed by atoms with Gasteiger partial charge in [-0.25, -0.2) is 22.4 Å². The van der Waals surface area contributed by atoms with Crippen molar-refractivity contribution < 1.29 is 27.1 Å². The van der Waals surface area contributed by atoms with Gasteiger partial charge in [0.1, 0.15) is 13.3 Å². The number of allylic oxidation sites excluding steroid dienone is 1. The normalized spacial score (nSPS) is 16.7. The van der Waals surface area contributed by atoms with Crippen LogP contribution in [0.25, 0.3) is 0 Å². The second kappa shape index (κ2) is 12.5. The van der Waals surface area contributed by atoms with Crippen molar-refractivity contribution in [2.24, 2.45) is 0 Å². The molecule has 2 atom stereocenters. The lowest BCUT2D eigenvalue weighted by atomic mass is 9.93. The fourth-order valence-corrected chi connectivity index (χ4v) is 5.60. The highest BCUT2D eigenvalue weighted by atomic mass is 79.9. The Morgan fingerprint density at radius 2 is 2.00 bits per heavy atom. The number of hydrogen-bond acceptors (Lipinski definition) is 6. The number of nitrogens with one attached hydrogen (secondary N) is 1. The summed E-state index contributed by atoms with van der Waals surface area (Å²) in [6.07, 6.45) is 0.977. The highest BCUT2D eigenvalue weighted by Gasteiger charge is 2.40. The lowest BCUT2D eigenvalue weighted by molar-refractivity contribution is -0.139. The molecule has 1 aliphatic rings. The third-order valence-corrected chi connectivity index (χ3v) is 9.35. The number of benzene rings is 2. The van der Waals surface area contributed by atoms with Gasteiger partial charge in [-0.15, -0.1) is 0 Å². The zero-order chi connectivity index (χ0) is 27.3. The number of nitriles is 1. The molecule has 2 aromatic rings. The smallest absolute Gasteiger partial charge is 0.338 e. The largest absolute Gasteiger partial charge is 0.461 e. The molecule has 2 amide bonds. The molecular formula is C24H21Br3FN3O5S. The van der Waals surface area contributed by atoms with Crippen LogP contribution in [0.1, 0.15) is 22.7 Å². The Morgan fingerprint density at radius 3 is 2.59 bits per heavy atom. The number of amides is 2. The maximum absolute atomic E-state index is 13.5. The van der Waals surface area contributed by atoms with Gasteiger partial charge in [-0.3, -0.25) is 4.90 Å². The van der Waals surface area contributed by atoms with E-state index in [2.05, 4.69) is 53.1 Å². The molecule has 0 spiro atoms. The Hall–Kier alpha value is -2.27. The zero-order valence-corrected chi connectivity index (χ0v) is 25.0. The lowest BCUT2D eigenvalue weighted by Crippen LogP contribution is -2.49. The van der Waals surface area contributed by atoms with E-state index >= 15 is 0 Å². The SMILES string of the molecule is CS(=O)(=O)c1cc(C#N)ccc1C1NC(=O)N(c2cccc(CF)c2)C(CBr)=C1C(=O)OCC(Br)CBr. The average Bonchev–Trinajstić information content (AvgIpc) is 2.89. The molecule has 0 radical (unpaired) electrons. The van der Waals surface area contributed by atoms with E-state index in [0.717, 1.165) is 6.26 Å². The van der Waals surface area contributed by atoms with E-state index in [1.165, 1.54) is 29.2 Å². The molecule has 1 aliphatic heterocycles. The lowest BCUT2D eigenvalue weighted by Gasteiger charge is -2.36. The predicted molar refractivity (Wildman–Crippen MR) is 148 cm³/mol. The minimum Gasteiger partial charge on any atom is -0.461 e. The van der Waals surface area contributed by atoms with Crippen LogP contribution in [-0.2, 0) is 26.0 Å². The fraction of sp³-hybridized carbons (Fsp3) is 0.292. The van der Waals surface area contributed by atoms with Crippen molar-refractivity contribution in [2.45, 2.75) is 22.4 Å². The van der Waals surface area contributed by atoms with E-state index in [-0.39, 0.29) is 44.1 Å². The van der Waals surface area contributed by atoms with Crippen LogP contribution in [-0.4, -0.2) is 48.8 Å². The molecule has 2 aromatic carbocycles. The van der Waals surface area contributed by atoms with Crippen LogP contribution >= 0.6 is 47.8 Å². The van der Waals surface area contributed by atoms with Crippen LogP contribution in [0, 0.1) is 11.3 Å². The van der Waals surface area contributed by atoms with Crippen molar-refractivity contribution in [3.63, 3.8) is 0 Å². The predicted octanol–water partition coefficient (Wildman–Crippen LogP) is 5.05. The van der Waals surface area contributed by atoms with Gasteiger partial charge < -0.3 is 10.1 Å². The van der Waals surface area contributed by atoms with Gasteiger partial charge in [0.2, 0.25) is 0 Å². The van der Waals surface area contributed by atoms with Crippen molar-refractivity contribution in [1.29, 1.82) is 5.26 Å². The summed E-state index contributed by atoms with van der Waals surface area (Å²) in [7, 11) is -3.87. The van der Waals surface area contributed by atoms with Gasteiger partial charge in [-0.05, 0) is 35.4 Å². The molecule has 3 rings (SSSR count). The highest BCUT2D eigenvalue weighted by Crippen LogP contribution is 2.38. The van der Waals surface area contributed by atoms with Crippen molar-refractivity contribution in [1.82, 2.24) is 5.32 Å². The van der Waals surface area contributed by atoms with Crippen LogP contribution in [0.2, 0.25) is 0 Å². The number of esters is 1. The molecule has 8 nitrogen and oxygen atoms in total. The summed E-state index contributed by atoms with van der Waals surface area (Å²) >= 11 is 10.0. The van der Waals surface area contributed by atoms with Gasteiger partial charge in [-0.2, -0.15) is 5.26 Å². The first-order chi connectivity index (χ1) is 17.5. The van der Waals surface area contributed by atoms with Crippen molar-refractivity contribution in [2.75, 3.05) is 28.4 Å². The van der Waals surface area contributed by atoms with Crippen LogP contribution in [0.4, 0.5) is 14.9 Å². The minimum absolute atomic E-state index is 0.00649. The number of ether oxygens (including phenoxy) is 1. The second-order valence-corrected chi connectivity index (χ2v) is 12.5. The topological polar surface area (TPSA) is 117 Å². The van der Waals surface area contributed by atoms with E-state index in [1.807, 2.05) is 6.07 Å². The number of anilines is 1. The van der Waals surface area contributed by atoms with Crippen LogP contribution in [0.15, 0.2) is 58.6 Å². The van der Waals surface area contributed by atoms with E-state index in [1.54, 1.807) is 18.2 Å². The molecule has 0 fully saturated rings. The first-order valence-electron chi connectivity index (χ1n) is 10.7. The third-order valence-electron chi connectivity index (χ3n) is 5.43. The number of sulfone groups is 1. The van der Waals surface area contributed by atoms with Crippen LogP contribution in [0.5, 0.6) is 0 Å². The molecule has 0 saturated heterocycles. The Kier molecular flexibility index (Phi) is 9.91. The van der Waals surface area contributed by atoms with E-state index in [0.29, 0.717) is 16.6 Å². The Balaban J connectivity index is 2.27. The molecule has 1 heterocycles. The summed E-state index contributed by atoms with van der Waals surface area (Å²) in [6, 6.07) is 10.3. The summed E-state index contributed by atoms with van der Waals surface area (Å²) < 4.78 is 44.2. The molecule has 0 aromatic heterocycles. The van der Waals surface area contributed by atoms with Gasteiger partial charge in [0, 0.05) is 16.9 Å². The summed E-state index contributed by atoms with van der Waals surface area (Å²) in [5, 5.41) is 12.5. The quantitative estimate of drug-likeness (QED) is 0.286. The molecule has 0 aliphatic carbocycles. The maximum Gasteiger partial charge on any atom is 0.338 e. The molecule has 0 saturated carbocycles. The fourth-order valence-electron chi connectivity index (χ4n) is 3.77. The molecule has 0 bridgehead atoms. The Labute approximate surface area is 239 Å². The monoisotopic (exact) mass is 719 g/mol. The molecule has 1 N–H and O–H groups in total. The van der Waals surface area contributed by atoms with Gasteiger partial charge >= 0.3 is 12.0 Å². The van der Waals surface area contributed by atoms with Gasteiger partial charge in [0.05, 0.1) is 44.4 Å². The number of nitrogens with zero attached hydrogens (tertiary/aromatic N) is 2. The third kappa shape index (κ3) is 6.60. The number of carbonyl (C=O) groups is 2. The number of carbonyl (C=O) groups excluding carboxylic acids is 2. The standard InChI is InChI=1S/C24H21Br3FN3O5S/c1-37(34,35)20-8-15(12-29)5-6-18(20)22-21(23(32)36-13-16(27)9-25)19(10-26)31(24(33)30-22)17-4-2-3-14(7-17)11-28/h2-8,16,22H,9-11,13H2,1H3,(H,30,33). The van der Waals surface area contributed by atoms with Crippen LogP contribution < -0.4 is 10.2 Å². The van der Waals surface area contributed by atoms with Crippen molar-refractivity contribution in [3.8, 4) is 6.07 Å². The maximum atomic E-state index is 13.5. The van der Waals surface area contributed by atoms with E-state index in [9.17, 15) is 27.7 Å². The molecule has 37 heavy (non-hydrogen) atoms. The summed E-state index contributed by atoms with van der Waals surface area (Å²) in [5.74, 6) is -0.777. The highest BCUT2D eigenvalue weighted by molar-refractivity contribution is 9.12. The summed E-state index contributed by atoms with van der Waals surface area (Å²) in [4.78, 5) is 27.7. The Bertz CT molecular complexity index is 1390. The number of halogens is 4. The summed E-state index contributed by atoms with van der Waals surface area (Å²) in [6.45, 7) is -0.760. The van der Waals surface area contributed by atoms with E-state index < -0.39 is 34.6 Å². The van der Waals surface area contributed by atoms with Gasteiger partial charge in [0.15, 0.2) is 9.84 Å². The van der Waals surface area contributed by atoms with Crippen molar-refractivity contribution >= 4 is 75.3 Å². The number of hydrogen-bond donors (Lipinski definition) is 1. The molecule has 2 unspecified atom stereocenters. The first-order valence-corrected chi connectivity index (χ1v) is 15.8. The first kappa shape index (κ1) is 29.3. The van der Waals surface area contributed by atoms with Crippen LogP contribution in [0.3, 0.4) is 0 Å². The Morgan fingerprint density at radius 1 is 1.27 bits per heavy atom. The van der Waals surface area contributed by atoms with Gasteiger partial charge in [0.25, 0.3) is 0 Å². The van der Waals surface area contributed by atoms with E-state index in [4.69, 9.17) is 4.74 Å². The minimum atomic E-state index is -3.87. The second-order valence-electron chi connectivity index (χ2n) is 8.00. The number of alkyl halides is 4. The van der Waals surface area contributed by atoms with Gasteiger partial charge in [-0.1, -0.05) is 66.0 Å².